The van der Waals surface area contributed by atoms with Crippen LogP contribution in [0.3, 0.4) is 0 Å². The summed E-state index contributed by atoms with van der Waals surface area (Å²) in [5.41, 5.74) is 3.71. The molecular weight excluding hydrogens is 318 g/mol. The number of fused-ring (bicyclic) bond motifs is 1. The maximum Gasteiger partial charge on any atom is 0.227 e. The van der Waals surface area contributed by atoms with Crippen LogP contribution in [-0.4, -0.2) is 52.1 Å². The number of aromatic nitrogens is 3. The van der Waals surface area contributed by atoms with Gasteiger partial charge in [-0.1, -0.05) is 17.3 Å². The van der Waals surface area contributed by atoms with Crippen molar-refractivity contribution in [3.63, 3.8) is 0 Å². The van der Waals surface area contributed by atoms with Crippen molar-refractivity contribution in [1.82, 2.24) is 20.0 Å². The van der Waals surface area contributed by atoms with Crippen LogP contribution < -0.4 is 4.90 Å². The van der Waals surface area contributed by atoms with Gasteiger partial charge in [0.05, 0.1) is 23.1 Å². The van der Waals surface area contributed by atoms with Crippen LogP contribution in [0, 0.1) is 13.8 Å². The average molecular weight is 339 g/mol. The Morgan fingerprint density at radius 1 is 1.20 bits per heavy atom. The van der Waals surface area contributed by atoms with Gasteiger partial charge in [0.2, 0.25) is 11.9 Å². The van der Waals surface area contributed by atoms with Gasteiger partial charge in [-0.15, -0.1) is 0 Å². The van der Waals surface area contributed by atoms with Gasteiger partial charge in [0.15, 0.2) is 0 Å². The van der Waals surface area contributed by atoms with Crippen molar-refractivity contribution >= 4 is 22.9 Å². The van der Waals surface area contributed by atoms with E-state index >= 15 is 0 Å². The number of H-pyrrole nitrogens is 1. The van der Waals surface area contributed by atoms with E-state index in [1.165, 1.54) is 0 Å². The summed E-state index contributed by atoms with van der Waals surface area (Å²) in [6.45, 7) is 6.65. The molecule has 1 aromatic carbocycles. The third kappa shape index (κ3) is 2.97. The van der Waals surface area contributed by atoms with Crippen LogP contribution in [-0.2, 0) is 11.2 Å². The summed E-state index contributed by atoms with van der Waals surface area (Å²) in [6.07, 6.45) is 0.353. The number of benzene rings is 1. The second-order valence-electron chi connectivity index (χ2n) is 6.42. The lowest BCUT2D eigenvalue weighted by molar-refractivity contribution is -0.130. The monoisotopic (exact) mass is 339 g/mol. The fourth-order valence-corrected chi connectivity index (χ4v) is 3.27. The first kappa shape index (κ1) is 15.7. The SMILES string of the molecule is Cc1noc(C)c1CC(=O)N1CCN(c2nc3ccccc3[nH]2)CC1. The molecule has 1 aliphatic heterocycles. The van der Waals surface area contributed by atoms with Crippen LogP contribution in [0.25, 0.3) is 11.0 Å². The summed E-state index contributed by atoms with van der Waals surface area (Å²) in [5, 5.41) is 3.92. The maximum atomic E-state index is 12.6. The zero-order chi connectivity index (χ0) is 17.4. The predicted molar refractivity (Wildman–Crippen MR) is 94.6 cm³/mol. The van der Waals surface area contributed by atoms with Crippen molar-refractivity contribution in [2.75, 3.05) is 31.1 Å². The van der Waals surface area contributed by atoms with Crippen LogP contribution in [0.4, 0.5) is 5.95 Å². The molecule has 1 saturated heterocycles. The Labute approximate surface area is 145 Å². The zero-order valence-corrected chi connectivity index (χ0v) is 14.5. The molecule has 1 amide bonds. The van der Waals surface area contributed by atoms with Crippen LogP contribution in [0.1, 0.15) is 17.0 Å². The summed E-state index contributed by atoms with van der Waals surface area (Å²) in [7, 11) is 0. The third-order valence-corrected chi connectivity index (χ3v) is 4.82. The number of amides is 1. The molecule has 7 nitrogen and oxygen atoms in total. The lowest BCUT2D eigenvalue weighted by Gasteiger charge is -2.34. The molecule has 0 spiro atoms. The van der Waals surface area contributed by atoms with Gasteiger partial charge in [-0.05, 0) is 26.0 Å². The number of piperazine rings is 1. The number of carbonyl (C=O) groups excluding carboxylic acids is 1. The number of nitrogens with one attached hydrogen (secondary N) is 1. The standard InChI is InChI=1S/C18H21N5O2/c1-12-14(13(2)25-21-12)11-17(24)22-7-9-23(10-8-22)18-19-15-5-3-4-6-16(15)20-18/h3-6H,7-11H2,1-2H3,(H,19,20). The summed E-state index contributed by atoms with van der Waals surface area (Å²) < 4.78 is 5.15. The van der Waals surface area contributed by atoms with Crippen molar-refractivity contribution in [3.8, 4) is 0 Å². The zero-order valence-electron chi connectivity index (χ0n) is 14.5. The van der Waals surface area contributed by atoms with Crippen LogP contribution in [0.5, 0.6) is 0 Å². The van der Waals surface area contributed by atoms with Crippen molar-refractivity contribution in [3.05, 3.63) is 41.3 Å². The lowest BCUT2D eigenvalue weighted by atomic mass is 10.1. The van der Waals surface area contributed by atoms with Gasteiger partial charge < -0.3 is 19.3 Å². The molecule has 0 unspecified atom stereocenters. The molecule has 130 valence electrons. The number of carbonyl (C=O) groups is 1. The fraction of sp³-hybridized carbons (Fsp3) is 0.389. The Bertz CT molecular complexity index is 853. The molecule has 1 N–H and O–H groups in total. The quantitative estimate of drug-likeness (QED) is 0.790. The molecule has 3 aromatic rings. The number of aryl methyl sites for hydroxylation is 2. The molecule has 3 heterocycles. The highest BCUT2D eigenvalue weighted by atomic mass is 16.5. The predicted octanol–water partition coefficient (Wildman–Crippen LogP) is 2.06. The molecule has 0 radical (unpaired) electrons. The largest absolute Gasteiger partial charge is 0.361 e. The molecule has 7 heteroatoms. The summed E-state index contributed by atoms with van der Waals surface area (Å²) in [6, 6.07) is 8.00. The van der Waals surface area contributed by atoms with E-state index in [4.69, 9.17) is 4.52 Å². The maximum absolute atomic E-state index is 12.6. The highest BCUT2D eigenvalue weighted by Crippen LogP contribution is 2.19. The van der Waals surface area contributed by atoms with Gasteiger partial charge in [-0.2, -0.15) is 0 Å². The van der Waals surface area contributed by atoms with Gasteiger partial charge in [0.25, 0.3) is 0 Å². The molecule has 0 bridgehead atoms. The minimum Gasteiger partial charge on any atom is -0.361 e. The Hall–Kier alpha value is -2.83. The van der Waals surface area contributed by atoms with Crippen LogP contribution in [0.2, 0.25) is 0 Å². The summed E-state index contributed by atoms with van der Waals surface area (Å²) in [5.74, 6) is 1.73. The number of aromatic amines is 1. The number of anilines is 1. The number of imidazole rings is 1. The number of para-hydroxylation sites is 2. The second kappa shape index (κ2) is 6.23. The van der Waals surface area contributed by atoms with E-state index in [0.29, 0.717) is 19.5 Å². The van der Waals surface area contributed by atoms with Crippen molar-refractivity contribution in [1.29, 1.82) is 0 Å². The van der Waals surface area contributed by atoms with Gasteiger partial charge in [0.1, 0.15) is 5.76 Å². The Balaban J connectivity index is 1.40. The normalized spacial score (nSPS) is 15.1. The van der Waals surface area contributed by atoms with E-state index in [2.05, 4.69) is 20.0 Å². The van der Waals surface area contributed by atoms with Gasteiger partial charge in [0, 0.05) is 31.7 Å². The molecular formula is C18H21N5O2. The van der Waals surface area contributed by atoms with Gasteiger partial charge in [-0.25, -0.2) is 4.98 Å². The molecule has 1 fully saturated rings. The second-order valence-corrected chi connectivity index (χ2v) is 6.42. The van der Waals surface area contributed by atoms with E-state index in [1.54, 1.807) is 0 Å². The van der Waals surface area contributed by atoms with Crippen LogP contribution >= 0.6 is 0 Å². The minimum absolute atomic E-state index is 0.124. The van der Waals surface area contributed by atoms with E-state index in [0.717, 1.165) is 47.1 Å². The highest BCUT2D eigenvalue weighted by Gasteiger charge is 2.24. The Kier molecular flexibility index (Phi) is 3.91. The molecule has 25 heavy (non-hydrogen) atoms. The van der Waals surface area contributed by atoms with E-state index in [9.17, 15) is 4.79 Å². The third-order valence-electron chi connectivity index (χ3n) is 4.82. The first-order valence-corrected chi connectivity index (χ1v) is 8.51. The Morgan fingerprint density at radius 3 is 2.64 bits per heavy atom. The van der Waals surface area contributed by atoms with Crippen molar-refractivity contribution < 1.29 is 9.32 Å². The van der Waals surface area contributed by atoms with E-state index in [1.807, 2.05) is 43.0 Å². The first-order chi connectivity index (χ1) is 12.1. The molecule has 0 atom stereocenters. The first-order valence-electron chi connectivity index (χ1n) is 8.51. The Morgan fingerprint density at radius 2 is 1.96 bits per heavy atom. The van der Waals surface area contributed by atoms with E-state index < -0.39 is 0 Å². The minimum atomic E-state index is 0.124. The van der Waals surface area contributed by atoms with Crippen molar-refractivity contribution in [2.24, 2.45) is 0 Å². The number of nitrogens with zero attached hydrogens (tertiary/aromatic N) is 4. The molecule has 1 aliphatic rings. The van der Waals surface area contributed by atoms with Crippen LogP contribution in [0.15, 0.2) is 28.8 Å². The molecule has 4 rings (SSSR count). The number of hydrogen-bond acceptors (Lipinski definition) is 5. The lowest BCUT2D eigenvalue weighted by Crippen LogP contribution is -2.49. The number of hydrogen-bond donors (Lipinski definition) is 1. The smallest absolute Gasteiger partial charge is 0.227 e. The van der Waals surface area contributed by atoms with Gasteiger partial charge >= 0.3 is 0 Å². The average Bonchev–Trinajstić information content (AvgIpc) is 3.20. The molecule has 0 aliphatic carbocycles. The topological polar surface area (TPSA) is 78.3 Å². The van der Waals surface area contributed by atoms with E-state index in [-0.39, 0.29) is 5.91 Å². The number of rotatable bonds is 3. The molecule has 0 saturated carbocycles. The van der Waals surface area contributed by atoms with Crippen molar-refractivity contribution in [2.45, 2.75) is 20.3 Å². The van der Waals surface area contributed by atoms with Gasteiger partial charge in [-0.3, -0.25) is 4.79 Å². The molecule has 2 aromatic heterocycles. The summed E-state index contributed by atoms with van der Waals surface area (Å²) in [4.78, 5) is 24.7. The summed E-state index contributed by atoms with van der Waals surface area (Å²) >= 11 is 0. The fourth-order valence-electron chi connectivity index (χ4n) is 3.27. The highest BCUT2D eigenvalue weighted by molar-refractivity contribution is 5.80.